The molecule has 2 nitrogen and oxygen atoms in total. The molecule has 0 aliphatic heterocycles. The third-order valence-electron chi connectivity index (χ3n) is 4.04. The molecular formula is C12H25FO2Si. The van der Waals surface area contributed by atoms with Gasteiger partial charge in [0.2, 0.25) is 0 Å². The molecule has 0 amide bonds. The van der Waals surface area contributed by atoms with Crippen LogP contribution in [0.15, 0.2) is 0 Å². The van der Waals surface area contributed by atoms with Crippen molar-refractivity contribution in [2.24, 2.45) is 5.92 Å². The van der Waals surface area contributed by atoms with E-state index in [2.05, 4.69) is 33.9 Å². The lowest BCUT2D eigenvalue weighted by atomic mass is 10.1. The smallest absolute Gasteiger partial charge is 0.192 e. The van der Waals surface area contributed by atoms with Crippen LogP contribution in [0.3, 0.4) is 0 Å². The summed E-state index contributed by atoms with van der Waals surface area (Å²) in [6, 6.07) is 0. The molecule has 16 heavy (non-hydrogen) atoms. The van der Waals surface area contributed by atoms with Crippen molar-refractivity contribution < 1.29 is 13.9 Å². The molecule has 0 spiro atoms. The van der Waals surface area contributed by atoms with E-state index in [4.69, 9.17) is 9.53 Å². The first kappa shape index (κ1) is 14.1. The van der Waals surface area contributed by atoms with Crippen molar-refractivity contribution in [3.8, 4) is 0 Å². The molecule has 0 radical (unpaired) electrons. The Hall–Kier alpha value is 0.0669. The summed E-state index contributed by atoms with van der Waals surface area (Å²) < 4.78 is 19.8. The van der Waals surface area contributed by atoms with Gasteiger partial charge in [-0.2, -0.15) is 0 Å². The number of aliphatic hydroxyl groups excluding tert-OH is 1. The van der Waals surface area contributed by atoms with Crippen LogP contribution < -0.4 is 0 Å². The number of rotatable bonds is 3. The van der Waals surface area contributed by atoms with Gasteiger partial charge in [0, 0.05) is 6.61 Å². The number of aliphatic hydroxyl groups is 1. The maximum Gasteiger partial charge on any atom is 0.192 e. The number of halogens is 1. The van der Waals surface area contributed by atoms with Crippen LogP contribution >= 0.6 is 0 Å². The van der Waals surface area contributed by atoms with Crippen molar-refractivity contribution in [1.29, 1.82) is 0 Å². The van der Waals surface area contributed by atoms with Gasteiger partial charge in [0.05, 0.1) is 6.10 Å². The standard InChI is InChI=1S/C12H25FO2Si/c1-12(2,3)16(4,5)15-11-7-9(8-14)6-10(11)13/h9-11,14H,6-8H2,1-5H3/t9-,10+,11+/m0/s1. The molecule has 1 saturated carbocycles. The van der Waals surface area contributed by atoms with Gasteiger partial charge in [-0.05, 0) is 36.9 Å². The molecule has 0 aromatic heterocycles. The normalized spacial score (nSPS) is 32.1. The fourth-order valence-electron chi connectivity index (χ4n) is 1.87. The lowest BCUT2D eigenvalue weighted by Gasteiger charge is -2.38. The van der Waals surface area contributed by atoms with E-state index in [-0.39, 0.29) is 23.7 Å². The second kappa shape index (κ2) is 4.74. The first-order valence-corrected chi connectivity index (χ1v) is 9.01. The van der Waals surface area contributed by atoms with E-state index in [0.717, 1.165) is 0 Å². The minimum atomic E-state index is -1.88. The fourth-order valence-corrected chi connectivity index (χ4v) is 3.22. The Bertz CT molecular complexity index is 238. The quantitative estimate of drug-likeness (QED) is 0.778. The predicted molar refractivity (Wildman–Crippen MR) is 66.8 cm³/mol. The summed E-state index contributed by atoms with van der Waals surface area (Å²) in [6.07, 6.45) is -0.0655. The maximum absolute atomic E-state index is 13.7. The molecule has 1 fully saturated rings. The second-order valence-electron chi connectivity index (χ2n) is 6.45. The first-order chi connectivity index (χ1) is 7.17. The Balaban J connectivity index is 2.61. The maximum atomic E-state index is 13.7. The van der Waals surface area contributed by atoms with Crippen molar-refractivity contribution >= 4 is 8.32 Å². The van der Waals surface area contributed by atoms with Crippen molar-refractivity contribution in [2.45, 2.75) is 64.0 Å². The zero-order valence-electron chi connectivity index (χ0n) is 11.1. The number of hydrogen-bond acceptors (Lipinski definition) is 2. The zero-order chi connectivity index (χ0) is 12.6. The number of hydrogen-bond donors (Lipinski definition) is 1. The Labute approximate surface area is 99.3 Å². The summed E-state index contributed by atoms with van der Waals surface area (Å²) in [7, 11) is -1.88. The Morgan fingerprint density at radius 1 is 1.31 bits per heavy atom. The minimum Gasteiger partial charge on any atom is -0.411 e. The molecule has 1 aliphatic carbocycles. The summed E-state index contributed by atoms with van der Waals surface area (Å²) >= 11 is 0. The van der Waals surface area contributed by atoms with E-state index in [1.165, 1.54) is 0 Å². The second-order valence-corrected chi connectivity index (χ2v) is 11.2. The molecule has 1 N–H and O–H groups in total. The molecule has 0 bridgehead atoms. The van der Waals surface area contributed by atoms with Crippen molar-refractivity contribution in [2.75, 3.05) is 6.61 Å². The molecule has 0 aromatic rings. The largest absolute Gasteiger partial charge is 0.411 e. The van der Waals surface area contributed by atoms with E-state index >= 15 is 0 Å². The molecule has 0 unspecified atom stereocenters. The van der Waals surface area contributed by atoms with Crippen molar-refractivity contribution in [3.05, 3.63) is 0 Å². The first-order valence-electron chi connectivity index (χ1n) is 6.10. The van der Waals surface area contributed by atoms with Gasteiger partial charge in [-0.25, -0.2) is 4.39 Å². The highest BCUT2D eigenvalue weighted by Crippen LogP contribution is 2.41. The highest BCUT2D eigenvalue weighted by molar-refractivity contribution is 6.74. The van der Waals surface area contributed by atoms with E-state index in [0.29, 0.717) is 12.8 Å². The molecular weight excluding hydrogens is 223 g/mol. The van der Waals surface area contributed by atoms with Crippen LogP contribution in [0, 0.1) is 5.92 Å². The summed E-state index contributed by atoms with van der Waals surface area (Å²) in [6.45, 7) is 10.8. The van der Waals surface area contributed by atoms with Gasteiger partial charge < -0.3 is 9.53 Å². The monoisotopic (exact) mass is 248 g/mol. The lowest BCUT2D eigenvalue weighted by molar-refractivity contribution is 0.110. The molecule has 4 heteroatoms. The lowest BCUT2D eigenvalue weighted by Crippen LogP contribution is -2.45. The van der Waals surface area contributed by atoms with E-state index in [1.54, 1.807) is 0 Å². The van der Waals surface area contributed by atoms with Crippen LogP contribution in [0.1, 0.15) is 33.6 Å². The van der Waals surface area contributed by atoms with Crippen LogP contribution in [0.5, 0.6) is 0 Å². The zero-order valence-corrected chi connectivity index (χ0v) is 12.1. The molecule has 1 rings (SSSR count). The average molecular weight is 248 g/mol. The SMILES string of the molecule is CC(C)(C)[Si](C)(C)O[C@@H]1C[C@@H](CO)C[C@H]1F. The van der Waals surface area contributed by atoms with Crippen molar-refractivity contribution in [1.82, 2.24) is 0 Å². The van der Waals surface area contributed by atoms with Crippen LogP contribution in [0.2, 0.25) is 18.1 Å². The summed E-state index contributed by atoms with van der Waals surface area (Å²) in [5.74, 6) is 0.0877. The third kappa shape index (κ3) is 3.05. The van der Waals surface area contributed by atoms with Crippen LogP contribution in [-0.4, -0.2) is 32.3 Å². The van der Waals surface area contributed by atoms with Gasteiger partial charge in [-0.3, -0.25) is 0 Å². The van der Waals surface area contributed by atoms with E-state index in [9.17, 15) is 4.39 Å². The molecule has 1 aliphatic rings. The Morgan fingerprint density at radius 3 is 2.25 bits per heavy atom. The van der Waals surface area contributed by atoms with Gasteiger partial charge in [0.15, 0.2) is 8.32 Å². The Kier molecular flexibility index (Phi) is 4.19. The van der Waals surface area contributed by atoms with E-state index < -0.39 is 14.5 Å². The molecule has 96 valence electrons. The van der Waals surface area contributed by atoms with Crippen LogP contribution in [0.25, 0.3) is 0 Å². The van der Waals surface area contributed by atoms with E-state index in [1.807, 2.05) is 0 Å². The highest BCUT2D eigenvalue weighted by Gasteiger charge is 2.43. The van der Waals surface area contributed by atoms with Gasteiger partial charge in [-0.1, -0.05) is 20.8 Å². The number of alkyl halides is 1. The fraction of sp³-hybridized carbons (Fsp3) is 1.00. The summed E-state index contributed by atoms with van der Waals surface area (Å²) in [4.78, 5) is 0. The third-order valence-corrected chi connectivity index (χ3v) is 8.54. The van der Waals surface area contributed by atoms with Gasteiger partial charge in [0.1, 0.15) is 6.17 Å². The van der Waals surface area contributed by atoms with Gasteiger partial charge >= 0.3 is 0 Å². The average Bonchev–Trinajstić information content (AvgIpc) is 2.44. The predicted octanol–water partition coefficient (Wildman–Crippen LogP) is 3.12. The van der Waals surface area contributed by atoms with Gasteiger partial charge in [0.25, 0.3) is 0 Å². The highest BCUT2D eigenvalue weighted by atomic mass is 28.4. The Morgan fingerprint density at radius 2 is 1.88 bits per heavy atom. The minimum absolute atomic E-state index is 0.0811. The van der Waals surface area contributed by atoms with Crippen molar-refractivity contribution in [3.63, 3.8) is 0 Å². The van der Waals surface area contributed by atoms with Gasteiger partial charge in [-0.15, -0.1) is 0 Å². The summed E-state index contributed by atoms with van der Waals surface area (Å²) in [5.41, 5.74) is 0. The molecule has 0 aromatic carbocycles. The van der Waals surface area contributed by atoms with Crippen LogP contribution in [0.4, 0.5) is 4.39 Å². The van der Waals surface area contributed by atoms with Crippen LogP contribution in [-0.2, 0) is 4.43 Å². The molecule has 0 heterocycles. The molecule has 3 atom stereocenters. The molecule has 0 saturated heterocycles. The topological polar surface area (TPSA) is 29.5 Å². The summed E-state index contributed by atoms with van der Waals surface area (Å²) in [5, 5.41) is 9.16.